The zero-order valence-electron chi connectivity index (χ0n) is 7.98. The highest BCUT2D eigenvalue weighted by Gasteiger charge is 2.27. The fraction of sp³-hybridized carbons (Fsp3) is 0. The van der Waals surface area contributed by atoms with Crippen LogP contribution in [0.15, 0.2) is 30.4 Å². The summed E-state index contributed by atoms with van der Waals surface area (Å²) >= 11 is 5.72. The summed E-state index contributed by atoms with van der Waals surface area (Å²) in [4.78, 5) is 23.8. The SMILES string of the molecule is N#Cc1cc(Cl)ccc1N1C(=O)C=CC1=O. The first-order valence-corrected chi connectivity index (χ1v) is 4.77. The van der Waals surface area contributed by atoms with Crippen LogP contribution < -0.4 is 4.90 Å². The molecule has 1 aromatic carbocycles. The summed E-state index contributed by atoms with van der Waals surface area (Å²) in [6, 6.07) is 6.31. The van der Waals surface area contributed by atoms with Crippen molar-refractivity contribution in [3.63, 3.8) is 0 Å². The first-order valence-electron chi connectivity index (χ1n) is 4.39. The molecule has 0 bridgehead atoms. The Morgan fingerprint density at radius 2 is 1.81 bits per heavy atom. The zero-order valence-corrected chi connectivity index (χ0v) is 8.73. The molecule has 5 heteroatoms. The summed E-state index contributed by atoms with van der Waals surface area (Å²) in [5, 5.41) is 9.28. The number of imide groups is 1. The van der Waals surface area contributed by atoms with Crippen LogP contribution in [0.25, 0.3) is 0 Å². The van der Waals surface area contributed by atoms with Gasteiger partial charge in [-0.25, -0.2) is 4.90 Å². The van der Waals surface area contributed by atoms with Crippen LogP contribution in [0.1, 0.15) is 5.56 Å². The van der Waals surface area contributed by atoms with Gasteiger partial charge >= 0.3 is 0 Å². The van der Waals surface area contributed by atoms with E-state index in [4.69, 9.17) is 16.9 Å². The number of hydrogen-bond donors (Lipinski definition) is 0. The number of benzene rings is 1. The average Bonchev–Trinajstić information content (AvgIpc) is 2.59. The van der Waals surface area contributed by atoms with E-state index in [0.29, 0.717) is 5.02 Å². The molecule has 78 valence electrons. The van der Waals surface area contributed by atoms with Gasteiger partial charge in [0, 0.05) is 17.2 Å². The average molecular weight is 233 g/mol. The molecule has 1 heterocycles. The molecule has 1 aromatic rings. The van der Waals surface area contributed by atoms with Gasteiger partial charge in [-0.05, 0) is 18.2 Å². The Morgan fingerprint density at radius 1 is 1.19 bits per heavy atom. The highest BCUT2D eigenvalue weighted by atomic mass is 35.5. The monoisotopic (exact) mass is 232 g/mol. The van der Waals surface area contributed by atoms with Crippen LogP contribution in [0, 0.1) is 11.3 Å². The maximum Gasteiger partial charge on any atom is 0.258 e. The summed E-state index contributed by atoms with van der Waals surface area (Å²) in [6.45, 7) is 0. The second kappa shape index (κ2) is 3.80. The lowest BCUT2D eigenvalue weighted by molar-refractivity contribution is -0.119. The molecular formula is C11H5ClN2O2. The number of carbonyl (C=O) groups is 2. The van der Waals surface area contributed by atoms with Crippen molar-refractivity contribution in [2.45, 2.75) is 0 Å². The Balaban J connectivity index is 2.53. The number of hydrogen-bond acceptors (Lipinski definition) is 3. The molecule has 1 aliphatic rings. The zero-order chi connectivity index (χ0) is 11.7. The molecule has 16 heavy (non-hydrogen) atoms. The molecule has 0 spiro atoms. The maximum atomic E-state index is 11.4. The molecular weight excluding hydrogens is 228 g/mol. The van der Waals surface area contributed by atoms with Crippen LogP contribution in [-0.2, 0) is 9.59 Å². The van der Waals surface area contributed by atoms with Crippen LogP contribution in [0.2, 0.25) is 5.02 Å². The Kier molecular flexibility index (Phi) is 2.47. The highest BCUT2D eigenvalue weighted by molar-refractivity contribution is 6.31. The number of anilines is 1. The molecule has 4 nitrogen and oxygen atoms in total. The summed E-state index contributed by atoms with van der Waals surface area (Å²) in [7, 11) is 0. The molecule has 1 aliphatic heterocycles. The van der Waals surface area contributed by atoms with E-state index in [2.05, 4.69) is 0 Å². The third kappa shape index (κ3) is 1.58. The third-order valence-electron chi connectivity index (χ3n) is 2.13. The summed E-state index contributed by atoms with van der Waals surface area (Å²) in [5.41, 5.74) is 0.449. The second-order valence-electron chi connectivity index (χ2n) is 3.12. The van der Waals surface area contributed by atoms with Crippen molar-refractivity contribution in [3.8, 4) is 6.07 Å². The summed E-state index contributed by atoms with van der Waals surface area (Å²) in [6.07, 6.45) is 2.33. The molecule has 0 fully saturated rings. The van der Waals surface area contributed by atoms with Gasteiger partial charge in [0.2, 0.25) is 0 Å². The predicted octanol–water partition coefficient (Wildman–Crippen LogP) is 1.64. The van der Waals surface area contributed by atoms with Gasteiger partial charge in [-0.2, -0.15) is 5.26 Å². The quantitative estimate of drug-likeness (QED) is 0.692. The van der Waals surface area contributed by atoms with Gasteiger partial charge < -0.3 is 0 Å². The Labute approximate surface area is 96.3 Å². The van der Waals surface area contributed by atoms with Gasteiger partial charge in [-0.3, -0.25) is 9.59 Å². The molecule has 0 unspecified atom stereocenters. The minimum Gasteiger partial charge on any atom is -0.269 e. The largest absolute Gasteiger partial charge is 0.269 e. The number of halogens is 1. The number of nitrogens with zero attached hydrogens (tertiary/aromatic N) is 2. The van der Waals surface area contributed by atoms with E-state index in [1.54, 1.807) is 0 Å². The molecule has 0 N–H and O–H groups in total. The molecule has 0 aliphatic carbocycles. The summed E-state index contributed by atoms with van der Waals surface area (Å²) < 4.78 is 0. The van der Waals surface area contributed by atoms with E-state index in [1.165, 1.54) is 18.2 Å². The first-order chi connectivity index (χ1) is 7.63. The summed E-state index contributed by atoms with van der Waals surface area (Å²) in [5.74, 6) is -0.910. The van der Waals surface area contributed by atoms with Crippen molar-refractivity contribution in [1.29, 1.82) is 5.26 Å². The number of nitriles is 1. The van der Waals surface area contributed by atoms with Crippen LogP contribution in [0.3, 0.4) is 0 Å². The van der Waals surface area contributed by atoms with Crippen molar-refractivity contribution >= 4 is 29.1 Å². The van der Waals surface area contributed by atoms with Crippen LogP contribution >= 0.6 is 11.6 Å². The van der Waals surface area contributed by atoms with E-state index in [0.717, 1.165) is 17.1 Å². The lowest BCUT2D eigenvalue weighted by Gasteiger charge is -2.15. The fourth-order valence-electron chi connectivity index (χ4n) is 1.43. The van der Waals surface area contributed by atoms with E-state index >= 15 is 0 Å². The van der Waals surface area contributed by atoms with Gasteiger partial charge in [0.1, 0.15) is 6.07 Å². The lowest BCUT2D eigenvalue weighted by atomic mass is 10.2. The van der Waals surface area contributed by atoms with Gasteiger partial charge in [-0.15, -0.1) is 0 Å². The molecule has 0 radical (unpaired) electrons. The Hall–Kier alpha value is -2.12. The fourth-order valence-corrected chi connectivity index (χ4v) is 1.60. The molecule has 0 atom stereocenters. The van der Waals surface area contributed by atoms with Crippen molar-refractivity contribution in [1.82, 2.24) is 0 Å². The van der Waals surface area contributed by atoms with Crippen molar-refractivity contribution in [2.75, 3.05) is 4.90 Å². The minimum atomic E-state index is -0.455. The topological polar surface area (TPSA) is 61.2 Å². The first kappa shape index (κ1) is 10.4. The van der Waals surface area contributed by atoms with E-state index in [-0.39, 0.29) is 11.3 Å². The normalized spacial score (nSPS) is 14.4. The number of carbonyl (C=O) groups excluding carboxylic acids is 2. The number of amides is 2. The van der Waals surface area contributed by atoms with E-state index in [1.807, 2.05) is 6.07 Å². The smallest absolute Gasteiger partial charge is 0.258 e. The van der Waals surface area contributed by atoms with Crippen molar-refractivity contribution in [3.05, 3.63) is 40.9 Å². The molecule has 0 saturated heterocycles. The Morgan fingerprint density at radius 3 is 2.38 bits per heavy atom. The van der Waals surface area contributed by atoms with Gasteiger partial charge in [0.15, 0.2) is 0 Å². The van der Waals surface area contributed by atoms with Crippen LogP contribution in [0.5, 0.6) is 0 Å². The third-order valence-corrected chi connectivity index (χ3v) is 2.36. The maximum absolute atomic E-state index is 11.4. The Bertz CT molecular complexity index is 540. The van der Waals surface area contributed by atoms with Crippen LogP contribution in [-0.4, -0.2) is 11.8 Å². The van der Waals surface area contributed by atoms with Crippen LogP contribution in [0.4, 0.5) is 5.69 Å². The van der Waals surface area contributed by atoms with E-state index in [9.17, 15) is 9.59 Å². The highest BCUT2D eigenvalue weighted by Crippen LogP contribution is 2.26. The van der Waals surface area contributed by atoms with Crippen molar-refractivity contribution < 1.29 is 9.59 Å². The second-order valence-corrected chi connectivity index (χ2v) is 3.55. The molecule has 0 aromatic heterocycles. The molecule has 0 saturated carbocycles. The van der Waals surface area contributed by atoms with Gasteiger partial charge in [0.05, 0.1) is 11.3 Å². The van der Waals surface area contributed by atoms with Crippen molar-refractivity contribution in [2.24, 2.45) is 0 Å². The predicted molar refractivity (Wildman–Crippen MR) is 57.8 cm³/mol. The molecule has 2 rings (SSSR count). The van der Waals surface area contributed by atoms with E-state index < -0.39 is 11.8 Å². The number of rotatable bonds is 1. The van der Waals surface area contributed by atoms with Gasteiger partial charge in [0.25, 0.3) is 11.8 Å². The standard InChI is InChI=1S/C11H5ClN2O2/c12-8-1-2-9(7(5-8)6-13)14-10(15)3-4-11(14)16/h1-5H. The van der Waals surface area contributed by atoms with Gasteiger partial charge in [-0.1, -0.05) is 11.6 Å². The minimum absolute atomic E-state index is 0.192. The lowest BCUT2D eigenvalue weighted by Crippen LogP contribution is -2.30. The molecule has 2 amide bonds.